The molecule has 0 saturated carbocycles. The third-order valence-corrected chi connectivity index (χ3v) is 5.05. The molecular formula is C26H26N2O4. The fourth-order valence-electron chi connectivity index (χ4n) is 3.24. The molecule has 6 heteroatoms. The van der Waals surface area contributed by atoms with E-state index < -0.39 is 18.5 Å². The van der Waals surface area contributed by atoms with Crippen LogP contribution < -0.4 is 10.6 Å². The predicted molar refractivity (Wildman–Crippen MR) is 123 cm³/mol. The van der Waals surface area contributed by atoms with E-state index in [9.17, 15) is 14.4 Å². The van der Waals surface area contributed by atoms with Gasteiger partial charge in [-0.2, -0.15) is 0 Å². The number of rotatable bonds is 8. The summed E-state index contributed by atoms with van der Waals surface area (Å²) in [7, 11) is 0. The maximum Gasteiger partial charge on any atom is 0.310 e. The molecule has 164 valence electrons. The molecule has 1 unspecified atom stereocenters. The highest BCUT2D eigenvalue weighted by Crippen LogP contribution is 2.18. The van der Waals surface area contributed by atoms with Crippen molar-refractivity contribution in [1.29, 1.82) is 0 Å². The van der Waals surface area contributed by atoms with Crippen molar-refractivity contribution in [2.24, 2.45) is 0 Å². The van der Waals surface area contributed by atoms with Gasteiger partial charge in [0.15, 0.2) is 6.61 Å². The summed E-state index contributed by atoms with van der Waals surface area (Å²) in [6.07, 6.45) is 0.0936. The van der Waals surface area contributed by atoms with E-state index in [-0.39, 0.29) is 18.4 Å². The van der Waals surface area contributed by atoms with Crippen LogP contribution in [-0.4, -0.2) is 24.4 Å². The number of anilines is 1. The van der Waals surface area contributed by atoms with Crippen LogP contribution in [0, 0.1) is 6.92 Å². The molecule has 1 atom stereocenters. The molecule has 3 aromatic carbocycles. The fourth-order valence-corrected chi connectivity index (χ4v) is 3.24. The fraction of sp³-hybridized carbons (Fsp3) is 0.192. The van der Waals surface area contributed by atoms with Gasteiger partial charge in [0.1, 0.15) is 0 Å². The van der Waals surface area contributed by atoms with Crippen LogP contribution in [0.1, 0.15) is 40.0 Å². The maximum absolute atomic E-state index is 12.8. The molecule has 0 aliphatic carbocycles. The van der Waals surface area contributed by atoms with Crippen LogP contribution in [-0.2, 0) is 20.7 Å². The molecule has 0 fully saturated rings. The minimum absolute atomic E-state index is 0.0936. The summed E-state index contributed by atoms with van der Waals surface area (Å²) >= 11 is 0. The van der Waals surface area contributed by atoms with Crippen LogP contribution in [0.15, 0.2) is 78.9 Å². The lowest BCUT2D eigenvalue weighted by Crippen LogP contribution is -2.28. The first-order chi connectivity index (χ1) is 15.4. The van der Waals surface area contributed by atoms with Gasteiger partial charge >= 0.3 is 5.97 Å². The number of hydrogen-bond donors (Lipinski definition) is 2. The summed E-state index contributed by atoms with van der Waals surface area (Å²) in [6.45, 7) is 3.37. The van der Waals surface area contributed by atoms with Gasteiger partial charge in [-0.25, -0.2) is 0 Å². The molecule has 0 aromatic heterocycles. The highest BCUT2D eigenvalue weighted by atomic mass is 16.5. The van der Waals surface area contributed by atoms with E-state index in [4.69, 9.17) is 4.74 Å². The summed E-state index contributed by atoms with van der Waals surface area (Å²) in [6, 6.07) is 23.6. The molecule has 0 bridgehead atoms. The van der Waals surface area contributed by atoms with Crippen molar-refractivity contribution >= 4 is 23.5 Å². The Kier molecular flexibility index (Phi) is 7.75. The van der Waals surface area contributed by atoms with Gasteiger partial charge in [-0.3, -0.25) is 14.4 Å². The Bertz CT molecular complexity index is 1100. The molecular weight excluding hydrogens is 404 g/mol. The average Bonchev–Trinajstić information content (AvgIpc) is 2.80. The van der Waals surface area contributed by atoms with Crippen LogP contribution >= 0.6 is 0 Å². The number of carbonyl (C=O) groups excluding carboxylic acids is 3. The van der Waals surface area contributed by atoms with Gasteiger partial charge < -0.3 is 15.4 Å². The normalized spacial score (nSPS) is 11.3. The van der Waals surface area contributed by atoms with Gasteiger partial charge in [-0.1, -0.05) is 66.7 Å². The second-order valence-electron chi connectivity index (χ2n) is 7.46. The van der Waals surface area contributed by atoms with Crippen molar-refractivity contribution in [1.82, 2.24) is 5.32 Å². The molecule has 0 aliphatic rings. The SMILES string of the molecule is Cc1ccccc1CC(=O)OCC(=O)Nc1ccccc1C(=O)NC(C)c1ccccc1. The third kappa shape index (κ3) is 6.28. The quantitative estimate of drug-likeness (QED) is 0.525. The van der Waals surface area contributed by atoms with E-state index >= 15 is 0 Å². The molecule has 0 heterocycles. The van der Waals surface area contributed by atoms with E-state index in [0.29, 0.717) is 11.3 Å². The topological polar surface area (TPSA) is 84.5 Å². The van der Waals surface area contributed by atoms with Crippen molar-refractivity contribution in [2.75, 3.05) is 11.9 Å². The number of ether oxygens (including phenoxy) is 1. The molecule has 0 spiro atoms. The summed E-state index contributed by atoms with van der Waals surface area (Å²) < 4.78 is 5.11. The van der Waals surface area contributed by atoms with Gasteiger partial charge in [0, 0.05) is 0 Å². The van der Waals surface area contributed by atoms with E-state index in [1.807, 2.05) is 68.4 Å². The van der Waals surface area contributed by atoms with Gasteiger partial charge in [0.05, 0.1) is 23.7 Å². The van der Waals surface area contributed by atoms with Crippen LogP contribution in [0.2, 0.25) is 0 Å². The minimum atomic E-state index is -0.514. The van der Waals surface area contributed by atoms with Gasteiger partial charge in [0.25, 0.3) is 11.8 Å². The molecule has 32 heavy (non-hydrogen) atoms. The van der Waals surface area contributed by atoms with Crippen molar-refractivity contribution < 1.29 is 19.1 Å². The average molecular weight is 431 g/mol. The summed E-state index contributed by atoms with van der Waals surface area (Å²) in [5, 5.41) is 5.59. The lowest BCUT2D eigenvalue weighted by atomic mass is 10.1. The number of benzene rings is 3. The third-order valence-electron chi connectivity index (χ3n) is 5.05. The Morgan fingerprint density at radius 1 is 0.875 bits per heavy atom. The Balaban J connectivity index is 1.57. The first-order valence-electron chi connectivity index (χ1n) is 10.4. The molecule has 2 N–H and O–H groups in total. The molecule has 3 aromatic rings. The first kappa shape index (κ1) is 22.7. The van der Waals surface area contributed by atoms with E-state index in [1.54, 1.807) is 24.3 Å². The molecule has 0 aliphatic heterocycles. The number of carbonyl (C=O) groups is 3. The lowest BCUT2D eigenvalue weighted by molar-refractivity contribution is -0.146. The van der Waals surface area contributed by atoms with Gasteiger partial charge in [0.2, 0.25) is 0 Å². The van der Waals surface area contributed by atoms with Gasteiger partial charge in [-0.05, 0) is 42.7 Å². The summed E-state index contributed by atoms with van der Waals surface area (Å²) in [5.74, 6) is -1.31. The number of esters is 1. The lowest BCUT2D eigenvalue weighted by Gasteiger charge is -2.16. The minimum Gasteiger partial charge on any atom is -0.455 e. The largest absolute Gasteiger partial charge is 0.455 e. The molecule has 0 saturated heterocycles. The van der Waals surface area contributed by atoms with Gasteiger partial charge in [-0.15, -0.1) is 0 Å². The monoisotopic (exact) mass is 430 g/mol. The smallest absolute Gasteiger partial charge is 0.310 e. The highest BCUT2D eigenvalue weighted by molar-refractivity contribution is 6.04. The standard InChI is InChI=1S/C26H26N2O4/c1-18-10-6-7-13-21(18)16-25(30)32-17-24(29)28-23-15-9-8-14-22(23)26(31)27-19(2)20-11-4-3-5-12-20/h3-15,19H,16-17H2,1-2H3,(H,27,31)(H,28,29). The second-order valence-corrected chi connectivity index (χ2v) is 7.46. The molecule has 0 radical (unpaired) electrons. The zero-order chi connectivity index (χ0) is 22.9. The van der Waals surface area contributed by atoms with Crippen molar-refractivity contribution in [3.05, 3.63) is 101 Å². The predicted octanol–water partition coefficient (Wildman–Crippen LogP) is 4.21. The Morgan fingerprint density at radius 3 is 2.28 bits per heavy atom. The van der Waals surface area contributed by atoms with E-state index in [1.165, 1.54) is 0 Å². The maximum atomic E-state index is 12.8. The van der Waals surface area contributed by atoms with Crippen molar-refractivity contribution in [2.45, 2.75) is 26.3 Å². The zero-order valence-electron chi connectivity index (χ0n) is 18.1. The second kappa shape index (κ2) is 10.9. The Labute approximate surface area is 187 Å². The van der Waals surface area contributed by atoms with E-state index in [2.05, 4.69) is 10.6 Å². The summed E-state index contributed by atoms with van der Waals surface area (Å²) in [5.41, 5.74) is 3.49. The number of hydrogen-bond acceptors (Lipinski definition) is 4. The molecule has 6 nitrogen and oxygen atoms in total. The molecule has 2 amide bonds. The Morgan fingerprint density at radius 2 is 1.53 bits per heavy atom. The Hall–Kier alpha value is -3.93. The number of para-hydroxylation sites is 1. The molecule has 3 rings (SSSR count). The zero-order valence-corrected chi connectivity index (χ0v) is 18.1. The number of nitrogens with one attached hydrogen (secondary N) is 2. The van der Waals surface area contributed by atoms with Crippen LogP contribution in [0.3, 0.4) is 0 Å². The highest BCUT2D eigenvalue weighted by Gasteiger charge is 2.17. The van der Waals surface area contributed by atoms with Crippen LogP contribution in [0.25, 0.3) is 0 Å². The number of aryl methyl sites for hydroxylation is 1. The first-order valence-corrected chi connectivity index (χ1v) is 10.4. The van der Waals surface area contributed by atoms with E-state index in [0.717, 1.165) is 16.7 Å². The van der Waals surface area contributed by atoms with Crippen LogP contribution in [0.5, 0.6) is 0 Å². The van der Waals surface area contributed by atoms with Crippen LogP contribution in [0.4, 0.5) is 5.69 Å². The van der Waals surface area contributed by atoms with Crippen molar-refractivity contribution in [3.63, 3.8) is 0 Å². The number of amides is 2. The summed E-state index contributed by atoms with van der Waals surface area (Å²) in [4.78, 5) is 37.2. The van der Waals surface area contributed by atoms with Crippen molar-refractivity contribution in [3.8, 4) is 0 Å².